The number of ether oxygens (including phenoxy) is 1. The molecule has 2 amide bonds. The fourth-order valence-corrected chi connectivity index (χ4v) is 3.08. The van der Waals surface area contributed by atoms with Crippen molar-refractivity contribution in [2.75, 3.05) is 5.32 Å². The molecule has 7 nitrogen and oxygen atoms in total. The second kappa shape index (κ2) is 8.56. The Labute approximate surface area is 162 Å². The van der Waals surface area contributed by atoms with E-state index in [2.05, 4.69) is 10.6 Å². The van der Waals surface area contributed by atoms with Gasteiger partial charge in [-0.3, -0.25) is 9.59 Å². The molecule has 3 N–H and O–H groups in total. The van der Waals surface area contributed by atoms with Gasteiger partial charge in [-0.05, 0) is 36.2 Å². The fraction of sp³-hybridized carbons (Fsp3) is 0.286. The summed E-state index contributed by atoms with van der Waals surface area (Å²) in [5.41, 5.74) is 1.70. The van der Waals surface area contributed by atoms with Gasteiger partial charge in [-0.1, -0.05) is 37.6 Å². The fourth-order valence-electron chi connectivity index (χ4n) is 3.08. The molecule has 1 heterocycles. The van der Waals surface area contributed by atoms with E-state index >= 15 is 0 Å². The number of carbonyl (C=O) groups is 3. The number of hydrogen-bond acceptors (Lipinski definition) is 4. The Kier molecular flexibility index (Phi) is 5.93. The van der Waals surface area contributed by atoms with Gasteiger partial charge in [-0.2, -0.15) is 0 Å². The summed E-state index contributed by atoms with van der Waals surface area (Å²) in [6, 6.07) is 12.9. The van der Waals surface area contributed by atoms with Crippen molar-refractivity contribution in [2.24, 2.45) is 0 Å². The average molecular weight is 382 g/mol. The van der Waals surface area contributed by atoms with Crippen molar-refractivity contribution < 1.29 is 24.2 Å². The summed E-state index contributed by atoms with van der Waals surface area (Å²) in [4.78, 5) is 36.1. The SMILES string of the molecule is CCCC(NC(=O)c1cccc(NC(=O)C2Cc3ccccc3O2)c1)C(=O)O. The number of rotatable bonds is 7. The van der Waals surface area contributed by atoms with E-state index in [0.717, 1.165) is 5.56 Å². The molecule has 146 valence electrons. The molecular formula is C21H22N2O5. The number of hydrogen-bond donors (Lipinski definition) is 3. The van der Waals surface area contributed by atoms with E-state index in [1.807, 2.05) is 31.2 Å². The third kappa shape index (κ3) is 4.49. The van der Waals surface area contributed by atoms with Gasteiger partial charge in [0.1, 0.15) is 11.8 Å². The smallest absolute Gasteiger partial charge is 0.326 e. The maximum atomic E-state index is 12.5. The molecule has 3 rings (SSSR count). The predicted octanol–water partition coefficient (Wildman–Crippen LogP) is 2.61. The van der Waals surface area contributed by atoms with Crippen molar-refractivity contribution in [3.8, 4) is 5.75 Å². The van der Waals surface area contributed by atoms with Crippen LogP contribution in [0.3, 0.4) is 0 Å². The molecule has 0 aromatic heterocycles. The van der Waals surface area contributed by atoms with Crippen molar-refractivity contribution in [3.05, 3.63) is 59.7 Å². The number of benzene rings is 2. The lowest BCUT2D eigenvalue weighted by atomic mass is 10.1. The number of para-hydroxylation sites is 1. The summed E-state index contributed by atoms with van der Waals surface area (Å²) in [7, 11) is 0. The van der Waals surface area contributed by atoms with Gasteiger partial charge >= 0.3 is 5.97 Å². The van der Waals surface area contributed by atoms with Crippen molar-refractivity contribution in [1.29, 1.82) is 0 Å². The van der Waals surface area contributed by atoms with E-state index in [1.165, 1.54) is 6.07 Å². The van der Waals surface area contributed by atoms with Crippen LogP contribution >= 0.6 is 0 Å². The monoisotopic (exact) mass is 382 g/mol. The van der Waals surface area contributed by atoms with Gasteiger partial charge in [0.15, 0.2) is 6.10 Å². The van der Waals surface area contributed by atoms with E-state index in [4.69, 9.17) is 4.74 Å². The molecular weight excluding hydrogens is 360 g/mol. The molecule has 28 heavy (non-hydrogen) atoms. The molecule has 0 saturated carbocycles. The molecule has 0 spiro atoms. The summed E-state index contributed by atoms with van der Waals surface area (Å²) in [6.07, 6.45) is 0.837. The third-order valence-electron chi connectivity index (χ3n) is 4.51. The zero-order chi connectivity index (χ0) is 20.1. The van der Waals surface area contributed by atoms with Crippen molar-refractivity contribution in [2.45, 2.75) is 38.3 Å². The lowest BCUT2D eigenvalue weighted by Gasteiger charge is -2.15. The van der Waals surface area contributed by atoms with Crippen molar-refractivity contribution >= 4 is 23.5 Å². The lowest BCUT2D eigenvalue weighted by Crippen LogP contribution is -2.40. The first kappa shape index (κ1) is 19.4. The molecule has 2 unspecified atom stereocenters. The number of fused-ring (bicyclic) bond motifs is 1. The van der Waals surface area contributed by atoms with Gasteiger partial charge in [0, 0.05) is 17.7 Å². The number of amides is 2. The predicted molar refractivity (Wildman–Crippen MR) is 103 cm³/mol. The number of nitrogens with one attached hydrogen (secondary N) is 2. The van der Waals surface area contributed by atoms with Crippen LogP contribution < -0.4 is 15.4 Å². The Morgan fingerprint density at radius 2 is 1.96 bits per heavy atom. The summed E-state index contributed by atoms with van der Waals surface area (Å²) in [6.45, 7) is 1.85. The normalized spacial score (nSPS) is 15.8. The minimum absolute atomic E-state index is 0.274. The van der Waals surface area contributed by atoms with Gasteiger partial charge in [0.25, 0.3) is 11.8 Å². The topological polar surface area (TPSA) is 105 Å². The third-order valence-corrected chi connectivity index (χ3v) is 4.51. The van der Waals surface area contributed by atoms with Crippen LogP contribution in [0.5, 0.6) is 5.75 Å². The van der Waals surface area contributed by atoms with Crippen LogP contribution in [0.1, 0.15) is 35.7 Å². The molecule has 0 fully saturated rings. The minimum Gasteiger partial charge on any atom is -0.480 e. The Morgan fingerprint density at radius 3 is 2.68 bits per heavy atom. The molecule has 0 radical (unpaired) electrons. The highest BCUT2D eigenvalue weighted by Gasteiger charge is 2.29. The standard InChI is InChI=1S/C21H22N2O5/c1-2-6-16(21(26)27)23-19(24)14-8-5-9-15(11-14)22-20(25)18-12-13-7-3-4-10-17(13)28-18/h3-5,7-11,16,18H,2,6,12H2,1H3,(H,22,25)(H,23,24)(H,26,27). The Hall–Kier alpha value is -3.35. The van der Waals surface area contributed by atoms with Crippen LogP contribution in [0.25, 0.3) is 0 Å². The first-order valence-corrected chi connectivity index (χ1v) is 9.17. The first-order valence-electron chi connectivity index (χ1n) is 9.17. The highest BCUT2D eigenvalue weighted by Crippen LogP contribution is 2.28. The number of carboxylic acids is 1. The zero-order valence-corrected chi connectivity index (χ0v) is 15.5. The largest absolute Gasteiger partial charge is 0.480 e. The van der Waals surface area contributed by atoms with Crippen molar-refractivity contribution in [3.63, 3.8) is 0 Å². The highest BCUT2D eigenvalue weighted by atomic mass is 16.5. The zero-order valence-electron chi connectivity index (χ0n) is 15.5. The van der Waals surface area contributed by atoms with E-state index in [0.29, 0.717) is 30.7 Å². The van der Waals surface area contributed by atoms with Gasteiger partial charge in [-0.15, -0.1) is 0 Å². The molecule has 0 saturated heterocycles. The van der Waals surface area contributed by atoms with Gasteiger partial charge in [0.05, 0.1) is 0 Å². The quantitative estimate of drug-likeness (QED) is 0.683. The number of carboxylic acid groups (broad SMARTS) is 1. The first-order chi connectivity index (χ1) is 13.5. The summed E-state index contributed by atoms with van der Waals surface area (Å²) in [5, 5.41) is 14.4. The van der Waals surface area contributed by atoms with E-state index in [1.54, 1.807) is 18.2 Å². The molecule has 2 aromatic rings. The van der Waals surface area contributed by atoms with Gasteiger partial charge in [-0.25, -0.2) is 4.79 Å². The molecule has 1 aliphatic heterocycles. The van der Waals surface area contributed by atoms with E-state index in [9.17, 15) is 19.5 Å². The van der Waals surface area contributed by atoms with Crippen LogP contribution in [0.15, 0.2) is 48.5 Å². The maximum Gasteiger partial charge on any atom is 0.326 e. The maximum absolute atomic E-state index is 12.5. The van der Waals surface area contributed by atoms with Crippen LogP contribution in [-0.4, -0.2) is 35.0 Å². The Bertz CT molecular complexity index is 871. The number of carbonyl (C=O) groups excluding carboxylic acids is 2. The summed E-state index contributed by atoms with van der Waals surface area (Å²) >= 11 is 0. The minimum atomic E-state index is -1.07. The van der Waals surface area contributed by atoms with Crippen LogP contribution in [0, 0.1) is 0 Å². The molecule has 0 bridgehead atoms. The second-order valence-corrected chi connectivity index (χ2v) is 6.64. The van der Waals surface area contributed by atoms with Crippen LogP contribution in [0.4, 0.5) is 5.69 Å². The molecule has 0 aliphatic carbocycles. The summed E-state index contributed by atoms with van der Waals surface area (Å²) < 4.78 is 5.67. The highest BCUT2D eigenvalue weighted by molar-refractivity contribution is 5.99. The molecule has 7 heteroatoms. The number of anilines is 1. The second-order valence-electron chi connectivity index (χ2n) is 6.64. The average Bonchev–Trinajstić information content (AvgIpc) is 3.12. The van der Waals surface area contributed by atoms with E-state index in [-0.39, 0.29) is 11.5 Å². The van der Waals surface area contributed by atoms with Crippen LogP contribution in [-0.2, 0) is 16.0 Å². The molecule has 1 aliphatic rings. The van der Waals surface area contributed by atoms with Gasteiger partial charge < -0.3 is 20.5 Å². The lowest BCUT2D eigenvalue weighted by molar-refractivity contribution is -0.139. The van der Waals surface area contributed by atoms with Gasteiger partial charge in [0.2, 0.25) is 0 Å². The molecule has 2 atom stereocenters. The Morgan fingerprint density at radius 1 is 1.18 bits per heavy atom. The number of aliphatic carboxylic acids is 1. The molecule has 2 aromatic carbocycles. The summed E-state index contributed by atoms with van der Waals surface area (Å²) in [5.74, 6) is -1.17. The van der Waals surface area contributed by atoms with E-state index < -0.39 is 24.0 Å². The van der Waals surface area contributed by atoms with Crippen LogP contribution in [0.2, 0.25) is 0 Å². The van der Waals surface area contributed by atoms with Crippen molar-refractivity contribution in [1.82, 2.24) is 5.32 Å². The Balaban J connectivity index is 1.64.